The second-order valence-electron chi connectivity index (χ2n) is 4.55. The second kappa shape index (κ2) is 7.67. The fourth-order valence-corrected chi connectivity index (χ4v) is 2.29. The summed E-state index contributed by atoms with van der Waals surface area (Å²) in [6, 6.07) is 1.89. The molecule has 1 heterocycles. The van der Waals surface area contributed by atoms with Gasteiger partial charge in [0, 0.05) is 18.8 Å². The third-order valence-corrected chi connectivity index (χ3v) is 3.62. The predicted octanol–water partition coefficient (Wildman–Crippen LogP) is 3.85. The summed E-state index contributed by atoms with van der Waals surface area (Å²) in [5.74, 6) is 0.374. The lowest BCUT2D eigenvalue weighted by Crippen LogP contribution is -2.22. The smallest absolute Gasteiger partial charge is 0.0622 e. The fourth-order valence-electron chi connectivity index (χ4n) is 2.10. The van der Waals surface area contributed by atoms with Gasteiger partial charge in [0.05, 0.1) is 11.1 Å². The Morgan fingerprint density at radius 2 is 2.18 bits per heavy atom. The van der Waals surface area contributed by atoms with E-state index in [1.54, 1.807) is 12.4 Å². The average Bonchev–Trinajstić information content (AvgIpc) is 2.33. The number of rotatable bonds is 7. The van der Waals surface area contributed by atoms with Crippen molar-refractivity contribution in [1.29, 1.82) is 0 Å². The molecule has 0 aliphatic carbocycles. The van der Waals surface area contributed by atoms with Gasteiger partial charge in [0.25, 0.3) is 0 Å². The van der Waals surface area contributed by atoms with Gasteiger partial charge >= 0.3 is 0 Å². The van der Waals surface area contributed by atoms with Crippen molar-refractivity contribution in [3.63, 3.8) is 0 Å². The molecule has 0 radical (unpaired) electrons. The first-order chi connectivity index (χ1) is 8.19. The van der Waals surface area contributed by atoms with E-state index >= 15 is 0 Å². The summed E-state index contributed by atoms with van der Waals surface area (Å²) >= 11 is 6.05. The molecule has 0 amide bonds. The number of hydrogen-bond donors (Lipinski definition) is 1. The number of aromatic nitrogens is 1. The second-order valence-corrected chi connectivity index (χ2v) is 4.96. The molecule has 0 aliphatic heterocycles. The fraction of sp³-hybridized carbons (Fsp3) is 0.643. The molecule has 0 aliphatic rings. The van der Waals surface area contributed by atoms with Crippen LogP contribution in [-0.2, 0) is 6.42 Å². The van der Waals surface area contributed by atoms with Gasteiger partial charge in [0.2, 0.25) is 0 Å². The summed E-state index contributed by atoms with van der Waals surface area (Å²) in [6.07, 6.45) is 8.16. The maximum Gasteiger partial charge on any atom is 0.0622 e. The normalized spacial score (nSPS) is 14.6. The minimum absolute atomic E-state index is 0.300. The van der Waals surface area contributed by atoms with E-state index in [9.17, 15) is 5.11 Å². The quantitative estimate of drug-likeness (QED) is 0.803. The van der Waals surface area contributed by atoms with E-state index < -0.39 is 0 Å². The van der Waals surface area contributed by atoms with Gasteiger partial charge in [-0.3, -0.25) is 4.98 Å². The molecule has 0 saturated carbocycles. The lowest BCUT2D eigenvalue weighted by molar-refractivity contribution is 0.0987. The van der Waals surface area contributed by atoms with Crippen LogP contribution in [0.2, 0.25) is 5.02 Å². The molecule has 0 saturated heterocycles. The highest BCUT2D eigenvalue weighted by Gasteiger charge is 2.18. The van der Waals surface area contributed by atoms with E-state index in [0.717, 1.165) is 18.4 Å². The van der Waals surface area contributed by atoms with Crippen molar-refractivity contribution in [2.45, 2.75) is 52.1 Å². The zero-order valence-electron chi connectivity index (χ0n) is 10.7. The molecule has 3 heteroatoms. The van der Waals surface area contributed by atoms with Crippen LogP contribution in [0.3, 0.4) is 0 Å². The third kappa shape index (κ3) is 4.64. The molecule has 2 unspecified atom stereocenters. The lowest BCUT2D eigenvalue weighted by atomic mass is 9.90. The Bertz CT molecular complexity index is 330. The zero-order valence-corrected chi connectivity index (χ0v) is 11.5. The summed E-state index contributed by atoms with van der Waals surface area (Å²) in [7, 11) is 0. The van der Waals surface area contributed by atoms with Gasteiger partial charge in [-0.15, -0.1) is 0 Å². The number of hydrogen-bond acceptors (Lipinski definition) is 2. The highest BCUT2D eigenvalue weighted by Crippen LogP contribution is 2.22. The van der Waals surface area contributed by atoms with Crippen molar-refractivity contribution >= 4 is 11.6 Å². The number of pyridine rings is 1. The molecule has 2 atom stereocenters. The largest absolute Gasteiger partial charge is 0.392 e. The summed E-state index contributed by atoms with van der Waals surface area (Å²) in [6.45, 7) is 4.32. The molecule has 17 heavy (non-hydrogen) atoms. The molecule has 1 aromatic rings. The topological polar surface area (TPSA) is 33.1 Å². The molecule has 2 nitrogen and oxygen atoms in total. The van der Waals surface area contributed by atoms with Gasteiger partial charge in [-0.05, 0) is 24.0 Å². The Balaban J connectivity index is 2.57. The average molecular weight is 256 g/mol. The van der Waals surface area contributed by atoms with Crippen molar-refractivity contribution < 1.29 is 5.11 Å². The molecule has 96 valence electrons. The highest BCUT2D eigenvalue weighted by molar-refractivity contribution is 6.31. The van der Waals surface area contributed by atoms with Crippen LogP contribution in [0, 0.1) is 5.92 Å². The van der Waals surface area contributed by atoms with Crippen LogP contribution >= 0.6 is 11.6 Å². The molecule has 1 rings (SSSR count). The van der Waals surface area contributed by atoms with E-state index in [2.05, 4.69) is 18.8 Å². The van der Waals surface area contributed by atoms with Crippen LogP contribution < -0.4 is 0 Å². The van der Waals surface area contributed by atoms with Crippen molar-refractivity contribution in [3.05, 3.63) is 29.0 Å². The Morgan fingerprint density at radius 3 is 2.76 bits per heavy atom. The maximum atomic E-state index is 10.2. The van der Waals surface area contributed by atoms with E-state index in [-0.39, 0.29) is 6.10 Å². The Labute approximate surface area is 109 Å². The Kier molecular flexibility index (Phi) is 6.53. The highest BCUT2D eigenvalue weighted by atomic mass is 35.5. The SMILES string of the molecule is CCCCC(CC)C(O)Cc1ccncc1Cl. The monoisotopic (exact) mass is 255 g/mol. The minimum Gasteiger partial charge on any atom is -0.392 e. The van der Waals surface area contributed by atoms with Gasteiger partial charge < -0.3 is 5.11 Å². The van der Waals surface area contributed by atoms with Crippen LogP contribution in [0.1, 0.15) is 45.1 Å². The lowest BCUT2D eigenvalue weighted by Gasteiger charge is -2.21. The first-order valence-electron chi connectivity index (χ1n) is 6.45. The zero-order chi connectivity index (χ0) is 12.7. The van der Waals surface area contributed by atoms with Crippen molar-refractivity contribution in [2.75, 3.05) is 0 Å². The first-order valence-corrected chi connectivity index (χ1v) is 6.83. The number of aliphatic hydroxyl groups excluding tert-OH is 1. The summed E-state index contributed by atoms with van der Waals surface area (Å²) in [5, 5.41) is 10.9. The van der Waals surface area contributed by atoms with E-state index in [0.29, 0.717) is 17.4 Å². The first kappa shape index (κ1) is 14.5. The number of unbranched alkanes of at least 4 members (excludes halogenated alkanes) is 1. The van der Waals surface area contributed by atoms with E-state index in [1.807, 2.05) is 6.07 Å². The molecule has 0 bridgehead atoms. The predicted molar refractivity (Wildman–Crippen MR) is 72.3 cm³/mol. The van der Waals surface area contributed by atoms with Crippen molar-refractivity contribution in [1.82, 2.24) is 4.98 Å². The van der Waals surface area contributed by atoms with Gasteiger partial charge in [0.15, 0.2) is 0 Å². The van der Waals surface area contributed by atoms with Gasteiger partial charge in [-0.25, -0.2) is 0 Å². The van der Waals surface area contributed by atoms with Crippen LogP contribution in [0.4, 0.5) is 0 Å². The summed E-state index contributed by atoms with van der Waals surface area (Å²) < 4.78 is 0. The minimum atomic E-state index is -0.300. The van der Waals surface area contributed by atoms with Crippen LogP contribution in [0.5, 0.6) is 0 Å². The van der Waals surface area contributed by atoms with E-state index in [4.69, 9.17) is 11.6 Å². The molecular formula is C14H22ClNO. The van der Waals surface area contributed by atoms with Crippen molar-refractivity contribution in [2.24, 2.45) is 5.92 Å². The van der Waals surface area contributed by atoms with Crippen LogP contribution in [0.25, 0.3) is 0 Å². The molecule has 1 N–H and O–H groups in total. The third-order valence-electron chi connectivity index (χ3n) is 3.28. The number of aliphatic hydroxyl groups is 1. The number of halogens is 1. The molecule has 1 aromatic heterocycles. The van der Waals surface area contributed by atoms with Gasteiger partial charge in [0.1, 0.15) is 0 Å². The van der Waals surface area contributed by atoms with Crippen molar-refractivity contribution in [3.8, 4) is 0 Å². The molecule has 0 spiro atoms. The van der Waals surface area contributed by atoms with Gasteiger partial charge in [-0.1, -0.05) is 44.7 Å². The van der Waals surface area contributed by atoms with E-state index in [1.165, 1.54) is 12.8 Å². The number of nitrogens with zero attached hydrogens (tertiary/aromatic N) is 1. The van der Waals surface area contributed by atoms with Crippen LogP contribution in [0.15, 0.2) is 18.5 Å². The standard InChI is InChI=1S/C14H22ClNO/c1-3-5-6-11(4-2)14(17)9-12-7-8-16-10-13(12)15/h7-8,10-11,14,17H,3-6,9H2,1-2H3. The van der Waals surface area contributed by atoms with Gasteiger partial charge in [-0.2, -0.15) is 0 Å². The molecular weight excluding hydrogens is 234 g/mol. The Hall–Kier alpha value is -0.600. The van der Waals surface area contributed by atoms with Crippen LogP contribution in [-0.4, -0.2) is 16.2 Å². The molecule has 0 aromatic carbocycles. The Morgan fingerprint density at radius 1 is 1.41 bits per heavy atom. The molecule has 0 fully saturated rings. The maximum absolute atomic E-state index is 10.2. The summed E-state index contributed by atoms with van der Waals surface area (Å²) in [5.41, 5.74) is 0.990. The summed E-state index contributed by atoms with van der Waals surface area (Å²) in [4.78, 5) is 3.95.